The monoisotopic (exact) mass is 458 g/mol. The van der Waals surface area contributed by atoms with Crippen LogP contribution in [0, 0.1) is 0 Å². The van der Waals surface area contributed by atoms with E-state index in [1.807, 2.05) is 54.6 Å². The fourth-order valence-corrected chi connectivity index (χ4v) is 4.11. The predicted molar refractivity (Wildman–Crippen MR) is 126 cm³/mol. The lowest BCUT2D eigenvalue weighted by atomic mass is 9.95. The number of carbonyl (C=O) groups is 2. The molecule has 156 valence electrons. The van der Waals surface area contributed by atoms with E-state index < -0.39 is 0 Å². The molecule has 6 heteroatoms. The van der Waals surface area contributed by atoms with E-state index in [2.05, 4.69) is 4.98 Å². The number of nitrogens with zero attached hydrogens (tertiary/aromatic N) is 2. The van der Waals surface area contributed by atoms with Gasteiger partial charge in [-0.1, -0.05) is 59.6 Å². The smallest absolute Gasteiger partial charge is 0.261 e. The van der Waals surface area contributed by atoms with Gasteiger partial charge in [-0.15, -0.1) is 0 Å². The van der Waals surface area contributed by atoms with Crippen LogP contribution in [0.2, 0.25) is 10.0 Å². The van der Waals surface area contributed by atoms with Gasteiger partial charge in [-0.2, -0.15) is 0 Å². The quantitative estimate of drug-likeness (QED) is 0.327. The second-order valence-corrected chi connectivity index (χ2v) is 8.35. The maximum atomic E-state index is 12.8. The molecule has 3 aromatic carbocycles. The minimum Gasteiger partial charge on any atom is -0.269 e. The average molecular weight is 459 g/mol. The number of carbonyl (C=O) groups excluding carboxylic acids is 2. The molecule has 0 atom stereocenters. The molecule has 32 heavy (non-hydrogen) atoms. The van der Waals surface area contributed by atoms with Crippen LogP contribution < -0.4 is 0 Å². The van der Waals surface area contributed by atoms with Gasteiger partial charge in [0.1, 0.15) is 0 Å². The van der Waals surface area contributed by atoms with Gasteiger partial charge >= 0.3 is 0 Å². The van der Waals surface area contributed by atoms with Crippen molar-refractivity contribution in [3.8, 4) is 22.3 Å². The lowest BCUT2D eigenvalue weighted by Gasteiger charge is -2.16. The molecule has 0 saturated carbocycles. The molecule has 0 bridgehead atoms. The van der Waals surface area contributed by atoms with Crippen LogP contribution >= 0.6 is 23.2 Å². The summed E-state index contributed by atoms with van der Waals surface area (Å²) in [6.07, 6.45) is 1.76. The first-order valence-electron chi connectivity index (χ1n) is 9.97. The van der Waals surface area contributed by atoms with Crippen molar-refractivity contribution in [2.45, 2.75) is 6.54 Å². The summed E-state index contributed by atoms with van der Waals surface area (Å²) >= 11 is 12.1. The van der Waals surface area contributed by atoms with Crippen molar-refractivity contribution in [1.29, 1.82) is 0 Å². The summed E-state index contributed by atoms with van der Waals surface area (Å²) in [5.41, 5.74) is 5.20. The van der Waals surface area contributed by atoms with Crippen LogP contribution in [-0.4, -0.2) is 21.7 Å². The van der Waals surface area contributed by atoms with Crippen molar-refractivity contribution in [2.24, 2.45) is 0 Å². The zero-order valence-electron chi connectivity index (χ0n) is 16.8. The summed E-state index contributed by atoms with van der Waals surface area (Å²) in [4.78, 5) is 31.4. The maximum Gasteiger partial charge on any atom is 0.261 e. The summed E-state index contributed by atoms with van der Waals surface area (Å²) in [5, 5.41) is 1.29. The highest BCUT2D eigenvalue weighted by Gasteiger charge is 2.35. The van der Waals surface area contributed by atoms with E-state index in [9.17, 15) is 9.59 Å². The SMILES string of the molecule is O=C1c2ccccc2C(=O)N1Cc1cc(-c2ccc(Cl)cc2)c(-c2ccc(Cl)cc2)cn1. The molecular formula is C26H16Cl2N2O2. The third-order valence-corrected chi connectivity index (χ3v) is 5.97. The molecule has 0 aliphatic carbocycles. The van der Waals surface area contributed by atoms with Gasteiger partial charge in [0.15, 0.2) is 0 Å². The first-order chi connectivity index (χ1) is 15.5. The van der Waals surface area contributed by atoms with Crippen LogP contribution in [0.1, 0.15) is 26.4 Å². The molecule has 1 aliphatic heterocycles. The molecule has 1 aliphatic rings. The fraction of sp³-hybridized carbons (Fsp3) is 0.0385. The van der Waals surface area contributed by atoms with Crippen molar-refractivity contribution in [3.63, 3.8) is 0 Å². The fourth-order valence-electron chi connectivity index (χ4n) is 3.86. The molecule has 2 amide bonds. The van der Waals surface area contributed by atoms with E-state index in [-0.39, 0.29) is 18.4 Å². The Kier molecular flexibility index (Phi) is 5.25. The molecule has 0 saturated heterocycles. The number of fused-ring (bicyclic) bond motifs is 1. The Labute approximate surface area is 195 Å². The van der Waals surface area contributed by atoms with Crippen LogP contribution in [0.25, 0.3) is 22.3 Å². The number of hydrogen-bond donors (Lipinski definition) is 0. The summed E-state index contributed by atoms with van der Waals surface area (Å²) in [7, 11) is 0. The molecule has 0 radical (unpaired) electrons. The number of benzene rings is 3. The topological polar surface area (TPSA) is 50.3 Å². The van der Waals surface area contributed by atoms with E-state index in [1.54, 1.807) is 30.5 Å². The number of halogens is 2. The normalized spacial score (nSPS) is 12.9. The number of pyridine rings is 1. The number of rotatable bonds is 4. The Morgan fingerprint density at radius 3 is 1.69 bits per heavy atom. The van der Waals surface area contributed by atoms with Gasteiger partial charge in [0, 0.05) is 21.8 Å². The Morgan fingerprint density at radius 1 is 0.656 bits per heavy atom. The van der Waals surface area contributed by atoms with E-state index >= 15 is 0 Å². The standard InChI is InChI=1S/C26H16Cl2N2O2/c27-18-9-5-16(6-10-18)23-13-20(29-14-24(23)17-7-11-19(28)12-8-17)15-30-25(31)21-3-1-2-4-22(21)26(30)32/h1-14H,15H2. The highest BCUT2D eigenvalue weighted by molar-refractivity contribution is 6.31. The van der Waals surface area contributed by atoms with Crippen molar-refractivity contribution >= 4 is 35.0 Å². The van der Waals surface area contributed by atoms with Gasteiger partial charge in [0.2, 0.25) is 0 Å². The Balaban J connectivity index is 1.55. The number of amides is 2. The van der Waals surface area contributed by atoms with Gasteiger partial charge in [-0.3, -0.25) is 19.5 Å². The molecule has 1 aromatic heterocycles. The number of aromatic nitrogens is 1. The van der Waals surface area contributed by atoms with Crippen molar-refractivity contribution < 1.29 is 9.59 Å². The highest BCUT2D eigenvalue weighted by atomic mass is 35.5. The van der Waals surface area contributed by atoms with Gasteiger partial charge in [-0.05, 0) is 59.2 Å². The Bertz CT molecular complexity index is 1310. The molecule has 5 rings (SSSR count). The van der Waals surface area contributed by atoms with Gasteiger partial charge in [0.05, 0.1) is 23.4 Å². The second kappa shape index (κ2) is 8.23. The zero-order chi connectivity index (χ0) is 22.2. The molecular weight excluding hydrogens is 443 g/mol. The van der Waals surface area contributed by atoms with Gasteiger partial charge in [-0.25, -0.2) is 0 Å². The second-order valence-electron chi connectivity index (χ2n) is 7.48. The van der Waals surface area contributed by atoms with Crippen LogP contribution in [0.15, 0.2) is 85.1 Å². The molecule has 4 nitrogen and oxygen atoms in total. The molecule has 0 spiro atoms. The number of hydrogen-bond acceptors (Lipinski definition) is 3. The van der Waals surface area contributed by atoms with Gasteiger partial charge < -0.3 is 0 Å². The largest absolute Gasteiger partial charge is 0.269 e. The maximum absolute atomic E-state index is 12.8. The lowest BCUT2D eigenvalue weighted by molar-refractivity contribution is 0.0640. The van der Waals surface area contributed by atoms with Crippen molar-refractivity contribution in [1.82, 2.24) is 9.88 Å². The first kappa shape index (κ1) is 20.4. The van der Waals surface area contributed by atoms with E-state index in [0.717, 1.165) is 22.3 Å². The van der Waals surface area contributed by atoms with Gasteiger partial charge in [0.25, 0.3) is 11.8 Å². The van der Waals surface area contributed by atoms with Crippen LogP contribution in [0.3, 0.4) is 0 Å². The molecule has 4 aromatic rings. The van der Waals surface area contributed by atoms with Crippen LogP contribution in [-0.2, 0) is 6.54 Å². The molecule has 2 heterocycles. The third kappa shape index (κ3) is 3.68. The van der Waals surface area contributed by atoms with E-state index in [1.165, 1.54) is 4.90 Å². The van der Waals surface area contributed by atoms with Crippen LogP contribution in [0.4, 0.5) is 0 Å². The van der Waals surface area contributed by atoms with E-state index in [4.69, 9.17) is 23.2 Å². The predicted octanol–water partition coefficient (Wildman–Crippen LogP) is 6.52. The van der Waals surface area contributed by atoms with Crippen molar-refractivity contribution in [3.05, 3.63) is 112 Å². The Morgan fingerprint density at radius 2 is 1.16 bits per heavy atom. The highest BCUT2D eigenvalue weighted by Crippen LogP contribution is 2.34. The first-order valence-corrected chi connectivity index (χ1v) is 10.7. The summed E-state index contributed by atoms with van der Waals surface area (Å²) in [6, 6.07) is 23.8. The number of imide groups is 1. The van der Waals surface area contributed by atoms with Crippen molar-refractivity contribution in [2.75, 3.05) is 0 Å². The minimum absolute atomic E-state index is 0.0911. The molecule has 0 fully saturated rings. The summed E-state index contributed by atoms with van der Waals surface area (Å²) in [5.74, 6) is -0.607. The molecule has 0 unspecified atom stereocenters. The van der Waals surface area contributed by atoms with Crippen LogP contribution in [0.5, 0.6) is 0 Å². The molecule has 0 N–H and O–H groups in total. The Hall–Kier alpha value is -3.47. The summed E-state index contributed by atoms with van der Waals surface area (Å²) in [6.45, 7) is 0.0911. The zero-order valence-corrected chi connectivity index (χ0v) is 18.3. The summed E-state index contributed by atoms with van der Waals surface area (Å²) < 4.78 is 0. The van der Waals surface area contributed by atoms with E-state index in [0.29, 0.717) is 26.9 Å². The third-order valence-electron chi connectivity index (χ3n) is 5.47. The minimum atomic E-state index is -0.303. The average Bonchev–Trinajstić information content (AvgIpc) is 3.05. The lowest BCUT2D eigenvalue weighted by Crippen LogP contribution is -2.29.